The predicted octanol–water partition coefficient (Wildman–Crippen LogP) is 3.34. The van der Waals surface area contributed by atoms with Crippen LogP contribution in [-0.4, -0.2) is 46.9 Å². The minimum Gasteiger partial charge on any atom is -0.481 e. The third kappa shape index (κ3) is 5.25. The number of carboxylic acid groups (broad SMARTS) is 1. The summed E-state index contributed by atoms with van der Waals surface area (Å²) in [6, 6.07) is 5.64. The number of aliphatic carboxylic acids is 1. The summed E-state index contributed by atoms with van der Waals surface area (Å²) in [7, 11) is 0. The Morgan fingerprint density at radius 2 is 1.93 bits per heavy atom. The molecule has 2 N–H and O–H groups in total. The van der Waals surface area contributed by atoms with Gasteiger partial charge in [-0.1, -0.05) is 36.9 Å². The van der Waals surface area contributed by atoms with Gasteiger partial charge in [-0.3, -0.25) is 14.4 Å². The number of rotatable bonds is 6. The topological polar surface area (TPSA) is 86.7 Å². The van der Waals surface area contributed by atoms with Gasteiger partial charge in [0, 0.05) is 30.1 Å². The number of fused-ring (bicyclic) bond motifs is 1. The van der Waals surface area contributed by atoms with Crippen molar-refractivity contribution in [3.8, 4) is 0 Å². The van der Waals surface area contributed by atoms with E-state index < -0.39 is 17.9 Å². The maximum Gasteiger partial charge on any atom is 0.303 e. The summed E-state index contributed by atoms with van der Waals surface area (Å²) in [6.45, 7) is 1.39. The van der Waals surface area contributed by atoms with E-state index >= 15 is 0 Å². The average Bonchev–Trinajstić information content (AvgIpc) is 2.70. The van der Waals surface area contributed by atoms with Crippen LogP contribution in [-0.2, 0) is 9.59 Å². The van der Waals surface area contributed by atoms with E-state index in [0.29, 0.717) is 35.5 Å². The van der Waals surface area contributed by atoms with E-state index in [1.54, 1.807) is 18.2 Å². The van der Waals surface area contributed by atoms with Gasteiger partial charge in [0.1, 0.15) is 6.04 Å². The largest absolute Gasteiger partial charge is 0.481 e. The van der Waals surface area contributed by atoms with Crippen molar-refractivity contribution in [3.63, 3.8) is 0 Å². The lowest BCUT2D eigenvalue weighted by Gasteiger charge is -2.42. The molecule has 0 bridgehead atoms. The molecule has 1 heterocycles. The van der Waals surface area contributed by atoms with Gasteiger partial charge < -0.3 is 15.3 Å². The Hall–Kier alpha value is -2.08. The molecule has 3 atom stereocenters. The van der Waals surface area contributed by atoms with Gasteiger partial charge in [0.05, 0.1) is 0 Å². The van der Waals surface area contributed by atoms with E-state index in [9.17, 15) is 14.4 Å². The van der Waals surface area contributed by atoms with Crippen LogP contribution in [0.5, 0.6) is 0 Å². The first kappa shape index (κ1) is 20.6. The molecule has 1 aliphatic carbocycles. The summed E-state index contributed by atoms with van der Waals surface area (Å²) in [4.78, 5) is 38.5. The number of carboxylic acids is 1. The molecule has 2 fully saturated rings. The molecule has 1 saturated carbocycles. The standard InChI is InChI=1S/C21H27ClN2O4/c22-17-7-3-6-15(12-17)20(27)23-18(8-9-19(25)26)21(28)24-11-10-14-4-1-2-5-16(14)13-24/h3,6-7,12,14,16,18H,1-2,4-5,8-11,13H2,(H,23,27)(H,25,26). The Balaban J connectivity index is 1.68. The number of carbonyl (C=O) groups is 3. The summed E-state index contributed by atoms with van der Waals surface area (Å²) in [5.74, 6) is -0.369. The number of carbonyl (C=O) groups excluding carboxylic acids is 2. The van der Waals surface area contributed by atoms with Gasteiger partial charge in [0.2, 0.25) is 5.91 Å². The number of hydrogen-bond donors (Lipinski definition) is 2. The Morgan fingerprint density at radius 1 is 1.18 bits per heavy atom. The molecule has 2 amide bonds. The average molecular weight is 407 g/mol. The van der Waals surface area contributed by atoms with Crippen LogP contribution < -0.4 is 5.32 Å². The van der Waals surface area contributed by atoms with Gasteiger partial charge in [0.15, 0.2) is 0 Å². The quantitative estimate of drug-likeness (QED) is 0.758. The summed E-state index contributed by atoms with van der Waals surface area (Å²) >= 11 is 5.94. The van der Waals surface area contributed by atoms with Crippen molar-refractivity contribution in [2.75, 3.05) is 13.1 Å². The van der Waals surface area contributed by atoms with Crippen LogP contribution in [0.2, 0.25) is 5.02 Å². The zero-order chi connectivity index (χ0) is 20.1. The third-order valence-electron chi connectivity index (χ3n) is 5.94. The molecule has 1 aliphatic heterocycles. The number of benzene rings is 1. The number of nitrogens with one attached hydrogen (secondary N) is 1. The number of nitrogens with zero attached hydrogens (tertiary/aromatic N) is 1. The number of hydrogen-bond acceptors (Lipinski definition) is 3. The first-order valence-electron chi connectivity index (χ1n) is 10.0. The Bertz CT molecular complexity index is 739. The lowest BCUT2D eigenvalue weighted by molar-refractivity contribution is -0.138. The Morgan fingerprint density at radius 3 is 2.64 bits per heavy atom. The van der Waals surface area contributed by atoms with Crippen molar-refractivity contribution >= 4 is 29.4 Å². The van der Waals surface area contributed by atoms with E-state index in [1.165, 1.54) is 25.3 Å². The highest BCUT2D eigenvalue weighted by atomic mass is 35.5. The molecule has 152 valence electrons. The molecular weight excluding hydrogens is 380 g/mol. The molecule has 6 nitrogen and oxygen atoms in total. The second kappa shape index (κ2) is 9.41. The van der Waals surface area contributed by atoms with Crippen molar-refractivity contribution in [2.45, 2.75) is 51.0 Å². The molecule has 3 rings (SSSR count). The van der Waals surface area contributed by atoms with Crippen molar-refractivity contribution in [1.82, 2.24) is 10.2 Å². The number of amides is 2. The number of halogens is 1. The van der Waals surface area contributed by atoms with Crippen LogP contribution in [0.4, 0.5) is 0 Å². The monoisotopic (exact) mass is 406 g/mol. The highest BCUT2D eigenvalue weighted by molar-refractivity contribution is 6.31. The van der Waals surface area contributed by atoms with Gasteiger partial charge in [-0.05, 0) is 49.3 Å². The van der Waals surface area contributed by atoms with Gasteiger partial charge in [0.25, 0.3) is 5.91 Å². The summed E-state index contributed by atoms with van der Waals surface area (Å²) < 4.78 is 0. The van der Waals surface area contributed by atoms with Crippen LogP contribution >= 0.6 is 11.6 Å². The lowest BCUT2D eigenvalue weighted by Crippen LogP contribution is -2.53. The molecule has 28 heavy (non-hydrogen) atoms. The minimum absolute atomic E-state index is 0.0745. The van der Waals surface area contributed by atoms with Crippen molar-refractivity contribution in [2.24, 2.45) is 11.8 Å². The van der Waals surface area contributed by atoms with Crippen LogP contribution in [0.25, 0.3) is 0 Å². The SMILES string of the molecule is O=C(O)CCC(NC(=O)c1cccc(Cl)c1)C(=O)N1CCC2CCCCC2C1. The fraction of sp³-hybridized carbons (Fsp3) is 0.571. The van der Waals surface area contributed by atoms with E-state index in [2.05, 4.69) is 5.32 Å². The minimum atomic E-state index is -0.985. The number of piperidine rings is 1. The highest BCUT2D eigenvalue weighted by Gasteiger charge is 2.35. The maximum absolute atomic E-state index is 13.1. The van der Waals surface area contributed by atoms with Crippen LogP contribution in [0, 0.1) is 11.8 Å². The zero-order valence-electron chi connectivity index (χ0n) is 15.9. The summed E-state index contributed by atoms with van der Waals surface area (Å²) in [5.41, 5.74) is 0.353. The molecule has 1 aromatic carbocycles. The summed E-state index contributed by atoms with van der Waals surface area (Å²) in [6.07, 6.45) is 5.74. The molecule has 3 unspecified atom stereocenters. The first-order chi connectivity index (χ1) is 13.4. The second-order valence-electron chi connectivity index (χ2n) is 7.85. The normalized spacial score (nSPS) is 22.8. The molecule has 7 heteroatoms. The maximum atomic E-state index is 13.1. The van der Waals surface area contributed by atoms with Gasteiger partial charge in [-0.15, -0.1) is 0 Å². The molecule has 0 radical (unpaired) electrons. The summed E-state index contributed by atoms with van der Waals surface area (Å²) in [5, 5.41) is 12.2. The molecule has 2 aliphatic rings. The fourth-order valence-corrected chi connectivity index (χ4v) is 4.61. The van der Waals surface area contributed by atoms with E-state index in [4.69, 9.17) is 16.7 Å². The van der Waals surface area contributed by atoms with Crippen molar-refractivity contribution in [3.05, 3.63) is 34.9 Å². The Kier molecular flexibility index (Phi) is 6.94. The number of likely N-dealkylation sites (tertiary alicyclic amines) is 1. The molecule has 1 aromatic rings. The van der Waals surface area contributed by atoms with Crippen LogP contribution in [0.1, 0.15) is 55.3 Å². The molecular formula is C21H27ClN2O4. The van der Waals surface area contributed by atoms with Gasteiger partial charge in [-0.2, -0.15) is 0 Å². The molecule has 1 saturated heterocycles. The van der Waals surface area contributed by atoms with Crippen molar-refractivity contribution < 1.29 is 19.5 Å². The van der Waals surface area contributed by atoms with E-state index in [0.717, 1.165) is 12.8 Å². The third-order valence-corrected chi connectivity index (χ3v) is 6.18. The van der Waals surface area contributed by atoms with Crippen LogP contribution in [0.15, 0.2) is 24.3 Å². The smallest absolute Gasteiger partial charge is 0.303 e. The van der Waals surface area contributed by atoms with Crippen LogP contribution in [0.3, 0.4) is 0 Å². The van der Waals surface area contributed by atoms with Gasteiger partial charge >= 0.3 is 5.97 Å². The zero-order valence-corrected chi connectivity index (χ0v) is 16.7. The molecule has 0 spiro atoms. The van der Waals surface area contributed by atoms with E-state index in [1.807, 2.05) is 4.90 Å². The molecule has 0 aromatic heterocycles. The first-order valence-corrected chi connectivity index (χ1v) is 10.4. The fourth-order valence-electron chi connectivity index (χ4n) is 4.42. The second-order valence-corrected chi connectivity index (χ2v) is 8.28. The van der Waals surface area contributed by atoms with Crippen molar-refractivity contribution in [1.29, 1.82) is 0 Å². The predicted molar refractivity (Wildman–Crippen MR) is 106 cm³/mol. The highest BCUT2D eigenvalue weighted by Crippen LogP contribution is 2.36. The lowest BCUT2D eigenvalue weighted by atomic mass is 9.75. The Labute approximate surface area is 170 Å². The van der Waals surface area contributed by atoms with Gasteiger partial charge in [-0.25, -0.2) is 0 Å². The van der Waals surface area contributed by atoms with E-state index in [-0.39, 0.29) is 18.7 Å².